The molecule has 3 aromatic rings. The zero-order chi connectivity index (χ0) is 19.4. The molecule has 3 rings (SSSR count). The van der Waals surface area contributed by atoms with E-state index < -0.39 is 0 Å². The molecule has 2 heterocycles. The van der Waals surface area contributed by atoms with E-state index in [9.17, 15) is 4.79 Å². The number of benzene rings is 1. The van der Waals surface area contributed by atoms with Gasteiger partial charge < -0.3 is 18.6 Å². The Kier molecular flexibility index (Phi) is 5.81. The molecule has 0 N–H and O–H groups in total. The second-order valence-electron chi connectivity index (χ2n) is 6.40. The summed E-state index contributed by atoms with van der Waals surface area (Å²) in [5.41, 5.74) is 4.37. The predicted octanol–water partition coefficient (Wildman–Crippen LogP) is 4.71. The summed E-state index contributed by atoms with van der Waals surface area (Å²) in [6, 6.07) is 13.6. The van der Waals surface area contributed by atoms with Gasteiger partial charge in [-0.3, -0.25) is 0 Å². The van der Waals surface area contributed by atoms with Crippen molar-refractivity contribution < 1.29 is 19.0 Å². The summed E-state index contributed by atoms with van der Waals surface area (Å²) in [7, 11) is 1.65. The number of pyridine rings is 1. The largest absolute Gasteiger partial charge is 0.497 e. The number of aromatic nitrogens is 1. The molecule has 0 fully saturated rings. The van der Waals surface area contributed by atoms with Gasteiger partial charge >= 0.3 is 5.97 Å². The number of hydrogen-bond acceptors (Lipinski definition) is 4. The minimum atomic E-state index is -0.306. The van der Waals surface area contributed by atoms with Crippen LogP contribution in [0.5, 0.6) is 5.75 Å². The standard InChI is InChI=1S/C22H25NO4/c1-5-26-22(24)20-13-18-9-7-11-23(18)21(15(20)2)16(3)27-14-17-8-6-10-19(12-17)25-4/h6-13,16H,5,14H2,1-4H3. The van der Waals surface area contributed by atoms with Crippen LogP contribution in [0.3, 0.4) is 0 Å². The molecular weight excluding hydrogens is 342 g/mol. The predicted molar refractivity (Wildman–Crippen MR) is 104 cm³/mol. The minimum absolute atomic E-state index is 0.208. The van der Waals surface area contributed by atoms with Gasteiger partial charge in [-0.25, -0.2) is 4.79 Å². The summed E-state index contributed by atoms with van der Waals surface area (Å²) in [6.07, 6.45) is 1.78. The fraction of sp³-hybridized carbons (Fsp3) is 0.318. The van der Waals surface area contributed by atoms with E-state index in [2.05, 4.69) is 4.40 Å². The first-order valence-corrected chi connectivity index (χ1v) is 9.07. The topological polar surface area (TPSA) is 49.2 Å². The monoisotopic (exact) mass is 367 g/mol. The van der Waals surface area contributed by atoms with Crippen molar-refractivity contribution >= 4 is 11.5 Å². The Morgan fingerprint density at radius 1 is 1.19 bits per heavy atom. The first-order chi connectivity index (χ1) is 13.0. The van der Waals surface area contributed by atoms with Crippen molar-refractivity contribution in [2.24, 2.45) is 0 Å². The Labute approximate surface area is 159 Å². The van der Waals surface area contributed by atoms with E-state index in [0.717, 1.165) is 28.1 Å². The van der Waals surface area contributed by atoms with E-state index in [1.54, 1.807) is 7.11 Å². The van der Waals surface area contributed by atoms with Crippen LogP contribution in [0.25, 0.3) is 5.52 Å². The normalized spacial score (nSPS) is 12.1. The Bertz CT molecular complexity index is 945. The lowest BCUT2D eigenvalue weighted by Gasteiger charge is -2.20. The zero-order valence-electron chi connectivity index (χ0n) is 16.2. The Morgan fingerprint density at radius 2 is 2.00 bits per heavy atom. The van der Waals surface area contributed by atoms with Crippen molar-refractivity contribution in [3.8, 4) is 5.75 Å². The third kappa shape index (κ3) is 3.98. The SMILES string of the molecule is CCOC(=O)c1cc2cccn2c(C(C)OCc2cccc(OC)c2)c1C. The molecule has 0 radical (unpaired) electrons. The molecule has 0 bridgehead atoms. The van der Waals surface area contributed by atoms with Gasteiger partial charge in [-0.2, -0.15) is 0 Å². The molecule has 2 aromatic heterocycles. The number of carbonyl (C=O) groups is 1. The number of ether oxygens (including phenoxy) is 3. The van der Waals surface area contributed by atoms with Crippen molar-refractivity contribution in [3.63, 3.8) is 0 Å². The molecular formula is C22H25NO4. The van der Waals surface area contributed by atoms with Crippen LogP contribution in [0.1, 0.15) is 47.1 Å². The molecule has 0 aliphatic heterocycles. The summed E-state index contributed by atoms with van der Waals surface area (Å²) >= 11 is 0. The van der Waals surface area contributed by atoms with Crippen LogP contribution in [0, 0.1) is 6.92 Å². The van der Waals surface area contributed by atoms with Gasteiger partial charge in [0.25, 0.3) is 0 Å². The van der Waals surface area contributed by atoms with Crippen LogP contribution in [0.2, 0.25) is 0 Å². The highest BCUT2D eigenvalue weighted by Gasteiger charge is 2.20. The number of esters is 1. The quantitative estimate of drug-likeness (QED) is 0.568. The average molecular weight is 367 g/mol. The molecule has 5 heteroatoms. The summed E-state index contributed by atoms with van der Waals surface area (Å²) in [6.45, 7) is 6.54. The van der Waals surface area contributed by atoms with Crippen molar-refractivity contribution in [1.29, 1.82) is 0 Å². The Hall–Kier alpha value is -2.79. The molecule has 0 saturated heterocycles. The lowest BCUT2D eigenvalue weighted by atomic mass is 10.0. The molecule has 1 aromatic carbocycles. The van der Waals surface area contributed by atoms with Crippen molar-refractivity contribution in [2.75, 3.05) is 13.7 Å². The smallest absolute Gasteiger partial charge is 0.338 e. The van der Waals surface area contributed by atoms with Crippen LogP contribution >= 0.6 is 0 Å². The van der Waals surface area contributed by atoms with Crippen LogP contribution in [0.4, 0.5) is 0 Å². The molecule has 0 aliphatic rings. The highest BCUT2D eigenvalue weighted by Crippen LogP contribution is 2.28. The van der Waals surface area contributed by atoms with Crippen LogP contribution in [0.15, 0.2) is 48.7 Å². The molecule has 1 atom stereocenters. The summed E-state index contributed by atoms with van der Waals surface area (Å²) in [5, 5.41) is 0. The molecule has 0 amide bonds. The maximum atomic E-state index is 12.4. The fourth-order valence-electron chi connectivity index (χ4n) is 3.29. The highest BCUT2D eigenvalue weighted by molar-refractivity contribution is 5.92. The first-order valence-electron chi connectivity index (χ1n) is 9.07. The summed E-state index contributed by atoms with van der Waals surface area (Å²) in [4.78, 5) is 12.4. The number of nitrogens with zero attached hydrogens (tertiary/aromatic N) is 1. The number of carbonyl (C=O) groups excluding carboxylic acids is 1. The number of methoxy groups -OCH3 is 1. The van der Waals surface area contributed by atoms with E-state index >= 15 is 0 Å². The molecule has 1 unspecified atom stereocenters. The van der Waals surface area contributed by atoms with E-state index in [1.165, 1.54) is 0 Å². The molecule has 0 aliphatic carbocycles. The van der Waals surface area contributed by atoms with Crippen molar-refractivity contribution in [1.82, 2.24) is 4.40 Å². The van der Waals surface area contributed by atoms with Gasteiger partial charge in [-0.15, -0.1) is 0 Å². The summed E-state index contributed by atoms with van der Waals surface area (Å²) in [5.74, 6) is 0.497. The lowest BCUT2D eigenvalue weighted by Crippen LogP contribution is -2.14. The number of rotatable bonds is 7. The minimum Gasteiger partial charge on any atom is -0.497 e. The third-order valence-electron chi connectivity index (χ3n) is 4.63. The van der Waals surface area contributed by atoms with Crippen LogP contribution in [-0.2, 0) is 16.1 Å². The third-order valence-corrected chi connectivity index (χ3v) is 4.63. The lowest BCUT2D eigenvalue weighted by molar-refractivity contribution is 0.0475. The zero-order valence-corrected chi connectivity index (χ0v) is 16.2. The maximum absolute atomic E-state index is 12.4. The van der Waals surface area contributed by atoms with Gasteiger partial charge in [0.2, 0.25) is 0 Å². The van der Waals surface area contributed by atoms with Crippen molar-refractivity contribution in [3.05, 3.63) is 71.0 Å². The number of hydrogen-bond donors (Lipinski definition) is 0. The van der Waals surface area contributed by atoms with Gasteiger partial charge in [0.05, 0.1) is 37.7 Å². The number of fused-ring (bicyclic) bond motifs is 1. The molecule has 5 nitrogen and oxygen atoms in total. The molecule has 27 heavy (non-hydrogen) atoms. The van der Waals surface area contributed by atoms with E-state index in [0.29, 0.717) is 18.8 Å². The summed E-state index contributed by atoms with van der Waals surface area (Å²) < 4.78 is 18.7. The van der Waals surface area contributed by atoms with Gasteiger partial charge in [-0.05, 0) is 62.2 Å². The fourth-order valence-corrected chi connectivity index (χ4v) is 3.29. The van der Waals surface area contributed by atoms with E-state index in [-0.39, 0.29) is 12.1 Å². The van der Waals surface area contributed by atoms with Crippen LogP contribution < -0.4 is 4.74 Å². The molecule has 0 spiro atoms. The Balaban J connectivity index is 1.90. The Morgan fingerprint density at radius 3 is 2.74 bits per heavy atom. The molecule has 142 valence electrons. The van der Waals surface area contributed by atoms with E-state index in [4.69, 9.17) is 14.2 Å². The highest BCUT2D eigenvalue weighted by atomic mass is 16.5. The molecule has 0 saturated carbocycles. The first kappa shape index (κ1) is 19.0. The van der Waals surface area contributed by atoms with Gasteiger partial charge in [0.1, 0.15) is 5.75 Å². The van der Waals surface area contributed by atoms with Gasteiger partial charge in [-0.1, -0.05) is 12.1 Å². The van der Waals surface area contributed by atoms with Gasteiger partial charge in [0.15, 0.2) is 0 Å². The van der Waals surface area contributed by atoms with E-state index in [1.807, 2.05) is 69.4 Å². The second kappa shape index (κ2) is 8.27. The average Bonchev–Trinajstić information content (AvgIpc) is 3.14. The van der Waals surface area contributed by atoms with Crippen LogP contribution in [-0.4, -0.2) is 24.1 Å². The second-order valence-corrected chi connectivity index (χ2v) is 6.40. The van der Waals surface area contributed by atoms with Crippen molar-refractivity contribution in [2.45, 2.75) is 33.5 Å². The maximum Gasteiger partial charge on any atom is 0.338 e. The van der Waals surface area contributed by atoms with Gasteiger partial charge in [0, 0.05) is 11.7 Å².